The van der Waals surface area contributed by atoms with Crippen molar-refractivity contribution in [2.75, 3.05) is 0 Å². The van der Waals surface area contributed by atoms with Crippen molar-refractivity contribution >= 4 is 5.97 Å². The van der Waals surface area contributed by atoms with E-state index >= 15 is 0 Å². The smallest absolute Gasteiger partial charge is 0.435 e. The maximum absolute atomic E-state index is 13.5. The monoisotopic (exact) mass is 288 g/mol. The lowest BCUT2D eigenvalue weighted by molar-refractivity contribution is -0.141. The van der Waals surface area contributed by atoms with E-state index in [-0.39, 0.29) is 17.7 Å². The normalized spacial score (nSPS) is 11.6. The summed E-state index contributed by atoms with van der Waals surface area (Å²) in [6.07, 6.45) is -3.53. The molecule has 0 spiro atoms. The van der Waals surface area contributed by atoms with Gasteiger partial charge >= 0.3 is 12.1 Å². The predicted molar refractivity (Wildman–Crippen MR) is 59.7 cm³/mol. The van der Waals surface area contributed by atoms with Crippen molar-refractivity contribution in [1.82, 2.24) is 9.78 Å². The Bertz CT molecular complexity index is 649. The Hall–Kier alpha value is -2.38. The van der Waals surface area contributed by atoms with Gasteiger partial charge < -0.3 is 5.11 Å². The molecule has 106 valence electrons. The van der Waals surface area contributed by atoms with Gasteiger partial charge in [-0.2, -0.15) is 18.3 Å². The Morgan fingerprint density at radius 2 is 2.00 bits per heavy atom. The van der Waals surface area contributed by atoms with E-state index in [9.17, 15) is 22.4 Å². The van der Waals surface area contributed by atoms with Gasteiger partial charge in [0.05, 0.1) is 12.1 Å². The molecule has 0 saturated heterocycles. The SMILES string of the molecule is O=C(O)c1ccc(F)c(Cn2ccc(C(F)(F)F)n2)c1. The van der Waals surface area contributed by atoms with E-state index in [0.29, 0.717) is 0 Å². The van der Waals surface area contributed by atoms with E-state index in [2.05, 4.69) is 5.10 Å². The van der Waals surface area contributed by atoms with Crippen LogP contribution in [0, 0.1) is 5.82 Å². The summed E-state index contributed by atoms with van der Waals surface area (Å²) in [6.45, 7) is -0.289. The average molecular weight is 288 g/mol. The third-order valence-electron chi connectivity index (χ3n) is 2.56. The number of hydrogen-bond acceptors (Lipinski definition) is 2. The molecule has 2 rings (SSSR count). The number of benzene rings is 1. The molecule has 4 nitrogen and oxygen atoms in total. The van der Waals surface area contributed by atoms with Crippen LogP contribution in [0.1, 0.15) is 21.6 Å². The van der Waals surface area contributed by atoms with Gasteiger partial charge in [0.25, 0.3) is 0 Å². The zero-order valence-corrected chi connectivity index (χ0v) is 9.86. The summed E-state index contributed by atoms with van der Waals surface area (Å²) in [5.41, 5.74) is -1.29. The molecule has 2 aromatic rings. The van der Waals surface area contributed by atoms with E-state index in [4.69, 9.17) is 5.11 Å². The van der Waals surface area contributed by atoms with Gasteiger partial charge in [0.2, 0.25) is 0 Å². The molecular weight excluding hydrogens is 280 g/mol. The minimum Gasteiger partial charge on any atom is -0.478 e. The van der Waals surface area contributed by atoms with Gasteiger partial charge in [-0.25, -0.2) is 9.18 Å². The molecule has 0 saturated carbocycles. The number of carboxylic acid groups (broad SMARTS) is 1. The first-order chi connectivity index (χ1) is 9.27. The van der Waals surface area contributed by atoms with Crippen molar-refractivity contribution in [3.05, 3.63) is 53.1 Å². The number of halogens is 4. The highest BCUT2D eigenvalue weighted by Crippen LogP contribution is 2.27. The second-order valence-corrected chi connectivity index (χ2v) is 4.01. The van der Waals surface area contributed by atoms with Crippen LogP contribution in [0.5, 0.6) is 0 Å². The van der Waals surface area contributed by atoms with Crippen LogP contribution in [-0.4, -0.2) is 20.9 Å². The quantitative estimate of drug-likeness (QED) is 0.884. The fraction of sp³-hybridized carbons (Fsp3) is 0.167. The van der Waals surface area contributed by atoms with Gasteiger partial charge in [-0.05, 0) is 24.3 Å². The number of nitrogens with zero attached hydrogens (tertiary/aromatic N) is 2. The number of aromatic nitrogens is 2. The van der Waals surface area contributed by atoms with Gasteiger partial charge in [0.1, 0.15) is 5.82 Å². The Kier molecular flexibility index (Phi) is 3.47. The van der Waals surface area contributed by atoms with Crippen molar-refractivity contribution in [2.45, 2.75) is 12.7 Å². The molecule has 0 aliphatic rings. The summed E-state index contributed by atoms with van der Waals surface area (Å²) in [5.74, 6) is -1.96. The molecule has 0 aliphatic carbocycles. The predicted octanol–water partition coefficient (Wildman–Crippen LogP) is 2.79. The van der Waals surface area contributed by atoms with Crippen molar-refractivity contribution < 1.29 is 27.5 Å². The highest BCUT2D eigenvalue weighted by atomic mass is 19.4. The maximum Gasteiger partial charge on any atom is 0.435 e. The van der Waals surface area contributed by atoms with Gasteiger partial charge in [-0.3, -0.25) is 4.68 Å². The molecule has 0 radical (unpaired) electrons. The molecule has 0 unspecified atom stereocenters. The highest BCUT2D eigenvalue weighted by Gasteiger charge is 2.33. The van der Waals surface area contributed by atoms with Gasteiger partial charge in [0, 0.05) is 11.8 Å². The largest absolute Gasteiger partial charge is 0.478 e. The topological polar surface area (TPSA) is 55.1 Å². The average Bonchev–Trinajstić information content (AvgIpc) is 2.80. The second kappa shape index (κ2) is 4.95. The molecule has 0 atom stereocenters. The van der Waals surface area contributed by atoms with Gasteiger partial charge in [-0.15, -0.1) is 0 Å². The Morgan fingerprint density at radius 1 is 1.30 bits per heavy atom. The number of alkyl halides is 3. The maximum atomic E-state index is 13.5. The molecule has 20 heavy (non-hydrogen) atoms. The lowest BCUT2D eigenvalue weighted by atomic mass is 10.1. The van der Waals surface area contributed by atoms with Crippen molar-refractivity contribution in [1.29, 1.82) is 0 Å². The van der Waals surface area contributed by atoms with Crippen LogP contribution in [0.4, 0.5) is 17.6 Å². The molecular formula is C12H8F4N2O2. The van der Waals surface area contributed by atoms with Crippen LogP contribution >= 0.6 is 0 Å². The van der Waals surface area contributed by atoms with E-state index in [1.54, 1.807) is 0 Å². The third-order valence-corrected chi connectivity index (χ3v) is 2.56. The van der Waals surface area contributed by atoms with Gasteiger partial charge in [0.15, 0.2) is 5.69 Å². The lowest BCUT2D eigenvalue weighted by Gasteiger charge is -2.06. The number of hydrogen-bond donors (Lipinski definition) is 1. The summed E-state index contributed by atoms with van der Waals surface area (Å²) in [5, 5.41) is 12.1. The summed E-state index contributed by atoms with van der Waals surface area (Å²) in [6, 6.07) is 3.85. The van der Waals surface area contributed by atoms with Crippen LogP contribution in [0.15, 0.2) is 30.5 Å². The fourth-order valence-corrected chi connectivity index (χ4v) is 1.60. The van der Waals surface area contributed by atoms with Crippen LogP contribution in [-0.2, 0) is 12.7 Å². The first kappa shape index (κ1) is 14.0. The summed E-state index contributed by atoms with van der Waals surface area (Å²) < 4.78 is 51.5. The Labute approximate surface area is 110 Å². The molecule has 1 aromatic carbocycles. The van der Waals surface area contributed by atoms with Crippen LogP contribution < -0.4 is 0 Å². The van der Waals surface area contributed by atoms with Crippen molar-refractivity contribution in [3.63, 3.8) is 0 Å². The molecule has 0 aliphatic heterocycles. The molecule has 0 bridgehead atoms. The standard InChI is InChI=1S/C12H8F4N2O2/c13-9-2-1-7(11(19)20)5-8(9)6-18-4-3-10(17-18)12(14,15)16/h1-5H,6H2,(H,19,20). The Morgan fingerprint density at radius 3 is 2.55 bits per heavy atom. The molecule has 0 amide bonds. The highest BCUT2D eigenvalue weighted by molar-refractivity contribution is 5.87. The molecule has 1 heterocycles. The lowest BCUT2D eigenvalue weighted by Crippen LogP contribution is -2.09. The molecule has 8 heteroatoms. The minimum atomic E-state index is -4.58. The van der Waals surface area contributed by atoms with Crippen molar-refractivity contribution in [2.24, 2.45) is 0 Å². The second-order valence-electron chi connectivity index (χ2n) is 4.01. The van der Waals surface area contributed by atoms with E-state index < -0.39 is 23.7 Å². The zero-order valence-electron chi connectivity index (χ0n) is 9.86. The summed E-state index contributed by atoms with van der Waals surface area (Å²) in [4.78, 5) is 10.8. The summed E-state index contributed by atoms with van der Waals surface area (Å²) in [7, 11) is 0. The van der Waals surface area contributed by atoms with E-state index in [0.717, 1.165) is 35.1 Å². The zero-order chi connectivity index (χ0) is 14.9. The fourth-order valence-electron chi connectivity index (χ4n) is 1.60. The number of carboxylic acids is 1. The van der Waals surface area contributed by atoms with Crippen molar-refractivity contribution in [3.8, 4) is 0 Å². The Balaban J connectivity index is 2.28. The third kappa shape index (κ3) is 2.95. The van der Waals surface area contributed by atoms with Crippen LogP contribution in [0.3, 0.4) is 0 Å². The van der Waals surface area contributed by atoms with E-state index in [1.807, 2.05) is 0 Å². The minimum absolute atomic E-state index is 0.0540. The van der Waals surface area contributed by atoms with Crippen LogP contribution in [0.2, 0.25) is 0 Å². The van der Waals surface area contributed by atoms with Gasteiger partial charge in [-0.1, -0.05) is 0 Å². The number of carbonyl (C=O) groups is 1. The molecule has 0 fully saturated rings. The number of aromatic carboxylic acids is 1. The van der Waals surface area contributed by atoms with E-state index in [1.165, 1.54) is 0 Å². The molecule has 1 N–H and O–H groups in total. The van der Waals surface area contributed by atoms with Crippen LogP contribution in [0.25, 0.3) is 0 Å². The summed E-state index contributed by atoms with van der Waals surface area (Å²) >= 11 is 0. The number of rotatable bonds is 3. The first-order valence-corrected chi connectivity index (χ1v) is 5.40. The molecule has 1 aromatic heterocycles. The first-order valence-electron chi connectivity index (χ1n) is 5.40.